The summed E-state index contributed by atoms with van der Waals surface area (Å²) in [5.74, 6) is 0.143. The molecule has 2 aromatic carbocycles. The highest BCUT2D eigenvalue weighted by atomic mass is 32.1. The minimum Gasteiger partial charge on any atom is -0.506 e. The Balaban J connectivity index is 1.69. The molecule has 3 nitrogen and oxygen atoms in total. The van der Waals surface area contributed by atoms with Crippen LogP contribution in [0.25, 0.3) is 20.3 Å². The third-order valence-electron chi connectivity index (χ3n) is 3.59. The van der Waals surface area contributed by atoms with Crippen LogP contribution in [0.3, 0.4) is 0 Å². The highest BCUT2D eigenvalue weighted by molar-refractivity contribution is 7.22. The van der Waals surface area contributed by atoms with E-state index < -0.39 is 11.7 Å². The van der Waals surface area contributed by atoms with Crippen LogP contribution in [-0.4, -0.2) is 16.3 Å². The van der Waals surface area contributed by atoms with Crippen LogP contribution in [0.2, 0.25) is 0 Å². The first-order chi connectivity index (χ1) is 11.9. The molecule has 0 bridgehead atoms. The van der Waals surface area contributed by atoms with Crippen molar-refractivity contribution in [2.24, 2.45) is 4.99 Å². The summed E-state index contributed by atoms with van der Waals surface area (Å²) < 4.78 is 39.6. The van der Waals surface area contributed by atoms with Gasteiger partial charge >= 0.3 is 6.18 Å². The molecule has 8 heteroatoms. The maximum atomic E-state index is 12.8. The quantitative estimate of drug-likeness (QED) is 0.436. The van der Waals surface area contributed by atoms with E-state index in [1.807, 2.05) is 24.3 Å². The Bertz CT molecular complexity index is 1110. The van der Waals surface area contributed by atoms with Crippen LogP contribution in [0, 0.1) is 0 Å². The van der Waals surface area contributed by atoms with Gasteiger partial charge in [-0.1, -0.05) is 23.5 Å². The normalized spacial score (nSPS) is 12.6. The third-order valence-corrected chi connectivity index (χ3v) is 5.61. The number of aromatic hydroxyl groups is 1. The molecule has 0 saturated carbocycles. The maximum Gasteiger partial charge on any atom is 0.416 e. The number of nitrogens with zero attached hydrogens (tertiary/aromatic N) is 2. The van der Waals surface area contributed by atoms with Gasteiger partial charge in [0.25, 0.3) is 0 Å². The van der Waals surface area contributed by atoms with Crippen LogP contribution in [0.1, 0.15) is 10.4 Å². The number of halogens is 3. The number of fused-ring (bicyclic) bond motifs is 2. The lowest BCUT2D eigenvalue weighted by atomic mass is 10.2. The van der Waals surface area contributed by atoms with Gasteiger partial charge in [0.05, 0.1) is 26.9 Å². The Labute approximate surface area is 147 Å². The van der Waals surface area contributed by atoms with Crippen LogP contribution in [0.15, 0.2) is 47.5 Å². The van der Waals surface area contributed by atoms with Gasteiger partial charge < -0.3 is 5.11 Å². The molecule has 1 N–H and O–H groups in total. The largest absolute Gasteiger partial charge is 0.506 e. The zero-order valence-electron chi connectivity index (χ0n) is 12.4. The number of thiazole rings is 1. The van der Waals surface area contributed by atoms with E-state index in [1.54, 1.807) is 0 Å². The van der Waals surface area contributed by atoms with Gasteiger partial charge in [0.15, 0.2) is 0 Å². The highest BCUT2D eigenvalue weighted by Gasteiger charge is 2.30. The topological polar surface area (TPSA) is 45.5 Å². The number of alkyl halides is 3. The monoisotopic (exact) mass is 378 g/mol. The lowest BCUT2D eigenvalue weighted by Gasteiger charge is -2.04. The predicted molar refractivity (Wildman–Crippen MR) is 95.4 cm³/mol. The lowest BCUT2D eigenvalue weighted by Crippen LogP contribution is -2.03. The Morgan fingerprint density at radius 1 is 1.04 bits per heavy atom. The summed E-state index contributed by atoms with van der Waals surface area (Å²) in [5, 5.41) is 11.3. The van der Waals surface area contributed by atoms with E-state index in [-0.39, 0.29) is 5.75 Å². The fourth-order valence-electron chi connectivity index (χ4n) is 2.40. The fraction of sp³-hybridized carbons (Fsp3) is 0.0588. The molecule has 0 aliphatic heterocycles. The van der Waals surface area contributed by atoms with Crippen molar-refractivity contribution in [2.45, 2.75) is 6.18 Å². The van der Waals surface area contributed by atoms with Gasteiger partial charge in [-0.2, -0.15) is 13.2 Å². The fourth-order valence-corrected chi connectivity index (χ4v) is 4.22. The Morgan fingerprint density at radius 2 is 1.84 bits per heavy atom. The summed E-state index contributed by atoms with van der Waals surface area (Å²) in [7, 11) is 0. The average molecular weight is 378 g/mol. The first-order valence-electron chi connectivity index (χ1n) is 7.14. The molecule has 0 unspecified atom stereocenters. The molecule has 0 aliphatic carbocycles. The van der Waals surface area contributed by atoms with Crippen molar-refractivity contribution in [3.8, 4) is 5.75 Å². The minimum absolute atomic E-state index is 0.143. The van der Waals surface area contributed by atoms with E-state index in [9.17, 15) is 18.3 Å². The standard InChI is InChI=1S/C17H9F3N2OS2/c18-17(19,20)9-5-6-11-13(7-9)25-16(22-11)21-8-14-15(23)10-3-1-2-4-12(10)24-14/h1-8,23H. The van der Waals surface area contributed by atoms with Crippen LogP contribution < -0.4 is 0 Å². The summed E-state index contributed by atoms with van der Waals surface area (Å²) >= 11 is 2.46. The molecule has 0 aliphatic rings. The molecule has 0 radical (unpaired) electrons. The van der Waals surface area contributed by atoms with Crippen LogP contribution in [0.4, 0.5) is 18.3 Å². The van der Waals surface area contributed by atoms with Gasteiger partial charge in [-0.05, 0) is 30.3 Å². The second-order valence-corrected chi connectivity index (χ2v) is 7.34. The molecular weight excluding hydrogens is 369 g/mol. The van der Waals surface area contributed by atoms with Gasteiger partial charge in [0.2, 0.25) is 5.13 Å². The molecule has 0 saturated heterocycles. The summed E-state index contributed by atoms with van der Waals surface area (Å²) in [5.41, 5.74) is -0.243. The van der Waals surface area contributed by atoms with Crippen LogP contribution in [-0.2, 0) is 6.18 Å². The van der Waals surface area contributed by atoms with E-state index >= 15 is 0 Å². The molecule has 4 aromatic rings. The number of hydrogen-bond donors (Lipinski definition) is 1. The zero-order valence-corrected chi connectivity index (χ0v) is 14.0. The van der Waals surface area contributed by atoms with Gasteiger partial charge in [0, 0.05) is 10.1 Å². The summed E-state index contributed by atoms with van der Waals surface area (Å²) in [6.45, 7) is 0. The van der Waals surface area contributed by atoms with E-state index in [0.717, 1.165) is 33.6 Å². The number of rotatable bonds is 2. The van der Waals surface area contributed by atoms with Gasteiger partial charge in [-0.25, -0.2) is 9.98 Å². The zero-order chi connectivity index (χ0) is 17.6. The second kappa shape index (κ2) is 5.82. The van der Waals surface area contributed by atoms with Gasteiger partial charge in [-0.15, -0.1) is 11.3 Å². The first-order valence-corrected chi connectivity index (χ1v) is 8.77. The number of hydrogen-bond acceptors (Lipinski definition) is 5. The molecule has 2 aromatic heterocycles. The minimum atomic E-state index is -4.38. The molecule has 0 amide bonds. The SMILES string of the molecule is Oc1c(C=Nc2nc3ccc(C(F)(F)F)cc3s2)sc2ccccc12. The highest BCUT2D eigenvalue weighted by Crippen LogP contribution is 2.37. The van der Waals surface area contributed by atoms with Crippen molar-refractivity contribution in [1.82, 2.24) is 4.98 Å². The van der Waals surface area contributed by atoms with E-state index in [4.69, 9.17) is 0 Å². The van der Waals surface area contributed by atoms with E-state index in [0.29, 0.717) is 20.2 Å². The molecule has 25 heavy (non-hydrogen) atoms. The van der Waals surface area contributed by atoms with Gasteiger partial charge in [0.1, 0.15) is 5.75 Å². The molecule has 0 atom stereocenters. The van der Waals surface area contributed by atoms with Crippen molar-refractivity contribution in [2.75, 3.05) is 0 Å². The molecular formula is C17H9F3N2OS2. The number of aromatic nitrogens is 1. The smallest absolute Gasteiger partial charge is 0.416 e. The lowest BCUT2D eigenvalue weighted by molar-refractivity contribution is -0.137. The summed E-state index contributed by atoms with van der Waals surface area (Å²) in [4.78, 5) is 9.00. The Kier molecular flexibility index (Phi) is 3.73. The number of benzene rings is 2. The Hall–Kier alpha value is -2.45. The number of thiophene rings is 1. The van der Waals surface area contributed by atoms with Crippen molar-refractivity contribution in [3.63, 3.8) is 0 Å². The summed E-state index contributed by atoms with van der Waals surface area (Å²) in [6, 6.07) is 10.8. The molecule has 0 spiro atoms. The van der Waals surface area contributed by atoms with Crippen LogP contribution in [0.5, 0.6) is 5.75 Å². The Morgan fingerprint density at radius 3 is 2.60 bits per heavy atom. The number of aliphatic imine (C=N–C) groups is 1. The maximum absolute atomic E-state index is 12.8. The third kappa shape index (κ3) is 2.98. The van der Waals surface area contributed by atoms with E-state index in [2.05, 4.69) is 9.98 Å². The predicted octanol–water partition coefficient (Wildman–Crippen LogP) is 5.99. The second-order valence-electron chi connectivity index (χ2n) is 5.25. The van der Waals surface area contributed by atoms with Crippen LogP contribution >= 0.6 is 22.7 Å². The molecule has 126 valence electrons. The van der Waals surface area contributed by atoms with E-state index in [1.165, 1.54) is 23.6 Å². The molecule has 0 fully saturated rings. The molecule has 4 rings (SSSR count). The summed E-state index contributed by atoms with van der Waals surface area (Å²) in [6.07, 6.45) is -2.90. The van der Waals surface area contributed by atoms with Crippen molar-refractivity contribution >= 4 is 54.3 Å². The van der Waals surface area contributed by atoms with Crippen molar-refractivity contribution < 1.29 is 18.3 Å². The van der Waals surface area contributed by atoms with Crippen molar-refractivity contribution in [3.05, 3.63) is 52.9 Å². The molecule has 2 heterocycles. The van der Waals surface area contributed by atoms with Crippen molar-refractivity contribution in [1.29, 1.82) is 0 Å². The first kappa shape index (κ1) is 16.0. The average Bonchev–Trinajstić information content (AvgIpc) is 3.12. The van der Waals surface area contributed by atoms with Gasteiger partial charge in [-0.3, -0.25) is 0 Å².